The lowest BCUT2D eigenvalue weighted by atomic mass is 9.71. The van der Waals surface area contributed by atoms with Crippen LogP contribution < -0.4 is 5.73 Å². The van der Waals surface area contributed by atoms with E-state index >= 15 is 0 Å². The SMILES string of the molecule is CC(C)c1ccc(C2(N)CCCC2(C)C)cc1. The smallest absolute Gasteiger partial charge is 0.0461 e. The van der Waals surface area contributed by atoms with Crippen molar-refractivity contribution in [2.75, 3.05) is 0 Å². The molecule has 1 unspecified atom stereocenters. The van der Waals surface area contributed by atoms with Gasteiger partial charge in [0.25, 0.3) is 0 Å². The molecule has 1 atom stereocenters. The molecule has 0 aromatic heterocycles. The van der Waals surface area contributed by atoms with Crippen LogP contribution >= 0.6 is 0 Å². The molecule has 1 nitrogen and oxygen atoms in total. The zero-order valence-electron chi connectivity index (χ0n) is 11.6. The Morgan fingerprint density at radius 2 is 1.65 bits per heavy atom. The van der Waals surface area contributed by atoms with Gasteiger partial charge in [-0.25, -0.2) is 0 Å². The second-order valence-electron chi connectivity index (χ2n) is 6.49. The highest BCUT2D eigenvalue weighted by molar-refractivity contribution is 5.32. The summed E-state index contributed by atoms with van der Waals surface area (Å²) in [5.74, 6) is 0.592. The van der Waals surface area contributed by atoms with Crippen LogP contribution in [0.3, 0.4) is 0 Å². The van der Waals surface area contributed by atoms with E-state index < -0.39 is 0 Å². The van der Waals surface area contributed by atoms with Crippen LogP contribution in [0.5, 0.6) is 0 Å². The molecule has 0 aliphatic heterocycles. The van der Waals surface area contributed by atoms with E-state index in [9.17, 15) is 0 Å². The third-order valence-electron chi connectivity index (χ3n) is 4.67. The molecule has 0 radical (unpaired) electrons. The first-order valence-electron chi connectivity index (χ1n) is 6.76. The van der Waals surface area contributed by atoms with E-state index in [-0.39, 0.29) is 11.0 Å². The van der Waals surface area contributed by atoms with Crippen LogP contribution in [0.15, 0.2) is 24.3 Å². The van der Waals surface area contributed by atoms with Gasteiger partial charge in [0.05, 0.1) is 0 Å². The summed E-state index contributed by atoms with van der Waals surface area (Å²) in [5.41, 5.74) is 9.47. The number of nitrogens with two attached hydrogens (primary N) is 1. The second kappa shape index (κ2) is 4.13. The fraction of sp³-hybridized carbons (Fsp3) is 0.625. The zero-order valence-corrected chi connectivity index (χ0v) is 11.6. The molecule has 0 amide bonds. The minimum atomic E-state index is -0.136. The van der Waals surface area contributed by atoms with Gasteiger partial charge in [0.15, 0.2) is 0 Å². The minimum Gasteiger partial charge on any atom is -0.321 e. The summed E-state index contributed by atoms with van der Waals surface area (Å²) in [5, 5.41) is 0. The Morgan fingerprint density at radius 1 is 1.06 bits per heavy atom. The normalized spacial score (nSPS) is 27.6. The Hall–Kier alpha value is -0.820. The number of hydrogen-bond acceptors (Lipinski definition) is 1. The van der Waals surface area contributed by atoms with Gasteiger partial charge >= 0.3 is 0 Å². The zero-order chi connectivity index (χ0) is 12.7. The van der Waals surface area contributed by atoms with E-state index in [0.717, 1.165) is 6.42 Å². The van der Waals surface area contributed by atoms with Gasteiger partial charge in [0.1, 0.15) is 0 Å². The maximum absolute atomic E-state index is 6.68. The van der Waals surface area contributed by atoms with Gasteiger partial charge < -0.3 is 5.73 Å². The maximum atomic E-state index is 6.68. The first kappa shape index (κ1) is 12.6. The van der Waals surface area contributed by atoms with Gasteiger partial charge in [0.2, 0.25) is 0 Å². The van der Waals surface area contributed by atoms with Crippen molar-refractivity contribution in [1.29, 1.82) is 0 Å². The summed E-state index contributed by atoms with van der Waals surface area (Å²) >= 11 is 0. The fourth-order valence-corrected chi connectivity index (χ4v) is 3.07. The van der Waals surface area contributed by atoms with Crippen LogP contribution in [0.25, 0.3) is 0 Å². The molecule has 1 aromatic carbocycles. The van der Waals surface area contributed by atoms with Crippen molar-refractivity contribution in [3.05, 3.63) is 35.4 Å². The van der Waals surface area contributed by atoms with Gasteiger partial charge in [-0.15, -0.1) is 0 Å². The Labute approximate surface area is 105 Å². The predicted octanol–water partition coefficient (Wildman–Crippen LogP) is 4.17. The highest BCUT2D eigenvalue weighted by atomic mass is 14.8. The first-order valence-corrected chi connectivity index (χ1v) is 6.76. The van der Waals surface area contributed by atoms with Crippen molar-refractivity contribution in [3.8, 4) is 0 Å². The third-order valence-corrected chi connectivity index (χ3v) is 4.67. The Bertz CT molecular complexity index is 388. The monoisotopic (exact) mass is 231 g/mol. The van der Waals surface area contributed by atoms with E-state index in [1.165, 1.54) is 24.0 Å². The van der Waals surface area contributed by atoms with E-state index in [1.807, 2.05) is 0 Å². The van der Waals surface area contributed by atoms with Crippen molar-refractivity contribution >= 4 is 0 Å². The Kier molecular flexibility index (Phi) is 3.07. The van der Waals surface area contributed by atoms with Crippen LogP contribution in [0.2, 0.25) is 0 Å². The van der Waals surface area contributed by atoms with Crippen LogP contribution in [0.1, 0.15) is 64.0 Å². The second-order valence-corrected chi connectivity index (χ2v) is 6.49. The fourth-order valence-electron chi connectivity index (χ4n) is 3.07. The highest BCUT2D eigenvalue weighted by Crippen LogP contribution is 2.50. The van der Waals surface area contributed by atoms with Crippen molar-refractivity contribution in [2.24, 2.45) is 11.1 Å². The summed E-state index contributed by atoms with van der Waals surface area (Å²) in [6.45, 7) is 9.06. The summed E-state index contributed by atoms with van der Waals surface area (Å²) < 4.78 is 0. The average Bonchev–Trinajstić information content (AvgIpc) is 2.55. The largest absolute Gasteiger partial charge is 0.321 e. The van der Waals surface area contributed by atoms with Gasteiger partial charge in [-0.05, 0) is 35.3 Å². The molecule has 1 fully saturated rings. The van der Waals surface area contributed by atoms with Crippen LogP contribution in [-0.4, -0.2) is 0 Å². The van der Waals surface area contributed by atoms with E-state index in [1.54, 1.807) is 0 Å². The van der Waals surface area contributed by atoms with E-state index in [0.29, 0.717) is 5.92 Å². The molecule has 0 bridgehead atoms. The molecule has 1 aliphatic carbocycles. The topological polar surface area (TPSA) is 26.0 Å². The molecule has 0 heterocycles. The standard InChI is InChI=1S/C16H25N/c1-12(2)13-6-8-14(9-7-13)16(17)11-5-10-15(16,3)4/h6-9,12H,5,10-11,17H2,1-4H3. The molecular formula is C16H25N. The Balaban J connectivity index is 2.34. The molecule has 1 saturated carbocycles. The number of rotatable bonds is 2. The molecule has 1 aliphatic rings. The van der Waals surface area contributed by atoms with Crippen LogP contribution in [0, 0.1) is 5.41 Å². The average molecular weight is 231 g/mol. The van der Waals surface area contributed by atoms with E-state index in [4.69, 9.17) is 5.73 Å². The maximum Gasteiger partial charge on any atom is 0.0461 e. The van der Waals surface area contributed by atoms with Gasteiger partial charge in [0, 0.05) is 5.54 Å². The molecule has 2 rings (SSSR count). The Morgan fingerprint density at radius 3 is 2.06 bits per heavy atom. The summed E-state index contributed by atoms with van der Waals surface area (Å²) in [6, 6.07) is 8.96. The van der Waals surface area contributed by atoms with E-state index in [2.05, 4.69) is 52.0 Å². The molecule has 1 aromatic rings. The first-order chi connectivity index (χ1) is 7.87. The lowest BCUT2D eigenvalue weighted by Gasteiger charge is -2.39. The molecular weight excluding hydrogens is 206 g/mol. The summed E-state index contributed by atoms with van der Waals surface area (Å²) in [7, 11) is 0. The quantitative estimate of drug-likeness (QED) is 0.812. The molecule has 2 N–H and O–H groups in total. The van der Waals surface area contributed by atoms with Crippen molar-refractivity contribution in [3.63, 3.8) is 0 Å². The van der Waals surface area contributed by atoms with Gasteiger partial charge in [-0.3, -0.25) is 0 Å². The summed E-state index contributed by atoms with van der Waals surface area (Å²) in [6.07, 6.45) is 3.59. The van der Waals surface area contributed by atoms with Crippen molar-refractivity contribution in [1.82, 2.24) is 0 Å². The van der Waals surface area contributed by atoms with Gasteiger partial charge in [-0.2, -0.15) is 0 Å². The van der Waals surface area contributed by atoms with Crippen LogP contribution in [0.4, 0.5) is 0 Å². The number of benzene rings is 1. The van der Waals surface area contributed by atoms with Gasteiger partial charge in [-0.1, -0.05) is 58.4 Å². The molecule has 0 spiro atoms. The lowest BCUT2D eigenvalue weighted by molar-refractivity contribution is 0.210. The third kappa shape index (κ3) is 2.01. The van der Waals surface area contributed by atoms with Crippen LogP contribution in [-0.2, 0) is 5.54 Å². The van der Waals surface area contributed by atoms with Crippen molar-refractivity contribution < 1.29 is 0 Å². The number of hydrogen-bond donors (Lipinski definition) is 1. The molecule has 1 heteroatoms. The minimum absolute atomic E-state index is 0.136. The molecule has 0 saturated heterocycles. The lowest BCUT2D eigenvalue weighted by Crippen LogP contribution is -2.45. The highest BCUT2D eigenvalue weighted by Gasteiger charge is 2.46. The van der Waals surface area contributed by atoms with Crippen molar-refractivity contribution in [2.45, 2.75) is 58.4 Å². The molecule has 17 heavy (non-hydrogen) atoms. The molecule has 94 valence electrons. The summed E-state index contributed by atoms with van der Waals surface area (Å²) in [4.78, 5) is 0. The predicted molar refractivity (Wildman–Crippen MR) is 74.0 cm³/mol.